The third-order valence-corrected chi connectivity index (χ3v) is 2.30. The topological polar surface area (TPSA) is 30.2 Å². The maximum absolute atomic E-state index is 10.2. The number of furan rings is 1. The zero-order chi connectivity index (χ0) is 11.4. The molecule has 0 amide bonds. The van der Waals surface area contributed by atoms with Crippen molar-refractivity contribution in [2.75, 3.05) is 0 Å². The van der Waals surface area contributed by atoms with Gasteiger partial charge in [0.25, 0.3) is 0 Å². The molecule has 0 fully saturated rings. The Morgan fingerprint density at radius 3 is 2.50 bits per heavy atom. The number of aryl methyl sites for hydroxylation is 1. The fourth-order valence-corrected chi connectivity index (χ4v) is 1.45. The lowest BCUT2D eigenvalue weighted by Crippen LogP contribution is -1.74. The van der Waals surface area contributed by atoms with Crippen LogP contribution in [-0.2, 0) is 4.79 Å². The van der Waals surface area contributed by atoms with Gasteiger partial charge in [-0.3, -0.25) is 4.79 Å². The summed E-state index contributed by atoms with van der Waals surface area (Å²) in [4.78, 5) is 10.2. The van der Waals surface area contributed by atoms with Gasteiger partial charge >= 0.3 is 0 Å². The smallest absolute Gasteiger partial charge is 0.142 e. The summed E-state index contributed by atoms with van der Waals surface area (Å²) in [6.45, 7) is 2.05. The van der Waals surface area contributed by atoms with Crippen LogP contribution in [0.1, 0.15) is 11.3 Å². The Kier molecular flexibility index (Phi) is 3.01. The van der Waals surface area contributed by atoms with Crippen molar-refractivity contribution in [2.45, 2.75) is 6.92 Å². The first-order valence-electron chi connectivity index (χ1n) is 5.08. The molecular weight excluding hydrogens is 200 g/mol. The molecule has 0 spiro atoms. The maximum Gasteiger partial charge on any atom is 0.142 e. The Morgan fingerprint density at radius 2 is 1.81 bits per heavy atom. The van der Waals surface area contributed by atoms with Crippen LogP contribution in [0.2, 0.25) is 0 Å². The van der Waals surface area contributed by atoms with Gasteiger partial charge in [0.05, 0.1) is 0 Å². The molecule has 0 saturated carbocycles. The summed E-state index contributed by atoms with van der Waals surface area (Å²) in [5.41, 5.74) is 2.26. The summed E-state index contributed by atoms with van der Waals surface area (Å²) in [6.07, 6.45) is 3.79. The van der Waals surface area contributed by atoms with Gasteiger partial charge in [-0.1, -0.05) is 29.8 Å². The fourth-order valence-electron chi connectivity index (χ4n) is 1.45. The van der Waals surface area contributed by atoms with Crippen LogP contribution in [0, 0.1) is 6.92 Å². The number of carbonyl (C=O) groups is 1. The average molecular weight is 212 g/mol. The molecule has 2 nitrogen and oxygen atoms in total. The van der Waals surface area contributed by atoms with Crippen molar-refractivity contribution in [3.8, 4) is 11.3 Å². The molecule has 0 aliphatic carbocycles. The first-order chi connectivity index (χ1) is 7.79. The highest BCUT2D eigenvalue weighted by Gasteiger charge is 2.01. The molecule has 0 bridgehead atoms. The van der Waals surface area contributed by atoms with E-state index < -0.39 is 0 Å². The summed E-state index contributed by atoms with van der Waals surface area (Å²) in [5.74, 6) is 1.49. The second-order valence-electron chi connectivity index (χ2n) is 3.56. The lowest BCUT2D eigenvalue weighted by atomic mass is 10.1. The number of carbonyl (C=O) groups excluding carboxylic acids is 1. The van der Waals surface area contributed by atoms with Crippen molar-refractivity contribution < 1.29 is 9.21 Å². The summed E-state index contributed by atoms with van der Waals surface area (Å²) in [5, 5.41) is 0. The predicted molar refractivity (Wildman–Crippen MR) is 64.0 cm³/mol. The van der Waals surface area contributed by atoms with Crippen LogP contribution in [0.4, 0.5) is 0 Å². The van der Waals surface area contributed by atoms with Gasteiger partial charge in [0.15, 0.2) is 0 Å². The van der Waals surface area contributed by atoms with Gasteiger partial charge in [0.1, 0.15) is 17.8 Å². The molecule has 0 saturated heterocycles. The first-order valence-corrected chi connectivity index (χ1v) is 5.08. The summed E-state index contributed by atoms with van der Waals surface area (Å²) in [6, 6.07) is 11.9. The van der Waals surface area contributed by atoms with E-state index in [4.69, 9.17) is 4.42 Å². The van der Waals surface area contributed by atoms with Gasteiger partial charge in [-0.25, -0.2) is 0 Å². The minimum Gasteiger partial charge on any atom is -0.457 e. The molecule has 0 N–H and O–H groups in total. The fraction of sp³-hybridized carbons (Fsp3) is 0.0714. The number of hydrogen-bond donors (Lipinski definition) is 0. The van der Waals surface area contributed by atoms with Crippen LogP contribution in [0.3, 0.4) is 0 Å². The van der Waals surface area contributed by atoms with Crippen LogP contribution in [-0.4, -0.2) is 6.29 Å². The van der Waals surface area contributed by atoms with E-state index in [0.29, 0.717) is 5.76 Å². The van der Waals surface area contributed by atoms with E-state index in [1.165, 1.54) is 11.6 Å². The Balaban J connectivity index is 2.27. The standard InChI is InChI=1S/C14H12O2/c1-11-4-6-12(7-5-11)14-9-8-13(16-14)3-2-10-15/h2-10H,1H3/b3-2+. The van der Waals surface area contributed by atoms with Crippen LogP contribution in [0.15, 0.2) is 46.9 Å². The normalized spacial score (nSPS) is 10.8. The second kappa shape index (κ2) is 4.62. The highest BCUT2D eigenvalue weighted by molar-refractivity contribution is 5.73. The van der Waals surface area contributed by atoms with Gasteiger partial charge in [-0.15, -0.1) is 0 Å². The number of rotatable bonds is 3. The Labute approximate surface area is 94.2 Å². The maximum atomic E-state index is 10.2. The molecule has 0 aliphatic rings. The van der Waals surface area contributed by atoms with Gasteiger partial charge < -0.3 is 4.42 Å². The molecule has 1 aromatic carbocycles. The molecule has 80 valence electrons. The number of hydrogen-bond acceptors (Lipinski definition) is 2. The van der Waals surface area contributed by atoms with Gasteiger partial charge in [-0.2, -0.15) is 0 Å². The SMILES string of the molecule is Cc1ccc(-c2ccc(/C=C/C=O)o2)cc1. The summed E-state index contributed by atoms with van der Waals surface area (Å²) in [7, 11) is 0. The molecule has 1 aromatic heterocycles. The Morgan fingerprint density at radius 1 is 1.06 bits per heavy atom. The average Bonchev–Trinajstić information content (AvgIpc) is 2.76. The van der Waals surface area contributed by atoms with Crippen molar-refractivity contribution in [1.82, 2.24) is 0 Å². The van der Waals surface area contributed by atoms with Crippen LogP contribution in [0.5, 0.6) is 0 Å². The largest absolute Gasteiger partial charge is 0.457 e. The van der Waals surface area contributed by atoms with E-state index in [0.717, 1.165) is 17.6 Å². The molecular formula is C14H12O2. The molecule has 2 aromatic rings. The van der Waals surface area contributed by atoms with Crippen molar-refractivity contribution >= 4 is 12.4 Å². The predicted octanol–water partition coefficient (Wildman–Crippen LogP) is 3.47. The molecule has 0 atom stereocenters. The lowest BCUT2D eigenvalue weighted by Gasteiger charge is -1.97. The quantitative estimate of drug-likeness (QED) is 0.576. The van der Waals surface area contributed by atoms with Crippen molar-refractivity contribution in [3.05, 3.63) is 53.8 Å². The van der Waals surface area contributed by atoms with E-state index >= 15 is 0 Å². The van der Waals surface area contributed by atoms with Gasteiger partial charge in [0, 0.05) is 5.56 Å². The number of benzene rings is 1. The Hall–Kier alpha value is -2.09. The van der Waals surface area contributed by atoms with Crippen molar-refractivity contribution in [3.63, 3.8) is 0 Å². The van der Waals surface area contributed by atoms with Gasteiger partial charge in [0.2, 0.25) is 0 Å². The number of aldehydes is 1. The molecule has 0 aliphatic heterocycles. The first kappa shape index (κ1) is 10.4. The minimum atomic E-state index is 0.683. The third kappa shape index (κ3) is 2.28. The third-order valence-electron chi connectivity index (χ3n) is 2.30. The minimum absolute atomic E-state index is 0.683. The molecule has 2 heteroatoms. The van der Waals surface area contributed by atoms with Crippen molar-refractivity contribution in [2.24, 2.45) is 0 Å². The molecule has 2 rings (SSSR count). The molecule has 1 heterocycles. The number of allylic oxidation sites excluding steroid dienone is 1. The van der Waals surface area contributed by atoms with Crippen LogP contribution < -0.4 is 0 Å². The van der Waals surface area contributed by atoms with E-state index in [1.807, 2.05) is 43.3 Å². The van der Waals surface area contributed by atoms with E-state index in [2.05, 4.69) is 0 Å². The summed E-state index contributed by atoms with van der Waals surface area (Å²) < 4.78 is 5.57. The van der Waals surface area contributed by atoms with E-state index in [9.17, 15) is 4.79 Å². The zero-order valence-electron chi connectivity index (χ0n) is 9.01. The van der Waals surface area contributed by atoms with E-state index in [1.54, 1.807) is 6.08 Å². The zero-order valence-corrected chi connectivity index (χ0v) is 9.01. The van der Waals surface area contributed by atoms with Crippen LogP contribution in [0.25, 0.3) is 17.4 Å². The Bertz CT molecular complexity index is 504. The monoisotopic (exact) mass is 212 g/mol. The molecule has 16 heavy (non-hydrogen) atoms. The summed E-state index contributed by atoms with van der Waals surface area (Å²) >= 11 is 0. The lowest BCUT2D eigenvalue weighted by molar-refractivity contribution is -0.104. The van der Waals surface area contributed by atoms with Crippen LogP contribution >= 0.6 is 0 Å². The highest BCUT2D eigenvalue weighted by Crippen LogP contribution is 2.22. The second-order valence-corrected chi connectivity index (χ2v) is 3.56. The van der Waals surface area contributed by atoms with Crippen molar-refractivity contribution in [1.29, 1.82) is 0 Å². The van der Waals surface area contributed by atoms with E-state index in [-0.39, 0.29) is 0 Å². The molecule has 0 radical (unpaired) electrons. The molecule has 0 unspecified atom stereocenters. The van der Waals surface area contributed by atoms with Gasteiger partial charge in [-0.05, 0) is 31.2 Å². The highest BCUT2D eigenvalue weighted by atomic mass is 16.3.